The number of hydrogen-bond acceptors (Lipinski definition) is 6. The van der Waals surface area contributed by atoms with Gasteiger partial charge in [0.2, 0.25) is 5.16 Å². The number of hydrogen-bond donors (Lipinski definition) is 1. The van der Waals surface area contributed by atoms with Gasteiger partial charge in [0.1, 0.15) is 5.82 Å². The number of nitrogens with one attached hydrogen (secondary N) is 1. The lowest BCUT2D eigenvalue weighted by atomic mass is 10.1. The third kappa shape index (κ3) is 3.12. The first-order chi connectivity index (χ1) is 10.9. The minimum atomic E-state index is -0.213. The highest BCUT2D eigenvalue weighted by atomic mass is 32.2. The van der Waals surface area contributed by atoms with Gasteiger partial charge in [0, 0.05) is 0 Å². The summed E-state index contributed by atoms with van der Waals surface area (Å²) in [6.45, 7) is 8.08. The quantitative estimate of drug-likeness (QED) is 0.742. The Morgan fingerprint density at radius 3 is 2.74 bits per heavy atom. The predicted octanol–water partition coefficient (Wildman–Crippen LogP) is 2.52. The van der Waals surface area contributed by atoms with Crippen molar-refractivity contribution in [2.24, 2.45) is 0 Å². The number of para-hydroxylation sites is 1. The molecule has 23 heavy (non-hydrogen) atoms. The molecule has 0 spiro atoms. The molecule has 3 aromatic rings. The van der Waals surface area contributed by atoms with E-state index >= 15 is 0 Å². The summed E-state index contributed by atoms with van der Waals surface area (Å²) in [5, 5.41) is 13.1. The summed E-state index contributed by atoms with van der Waals surface area (Å²) in [6, 6.07) is 7.30. The van der Waals surface area contributed by atoms with Crippen molar-refractivity contribution < 1.29 is 0 Å². The van der Waals surface area contributed by atoms with E-state index in [9.17, 15) is 4.79 Å². The lowest BCUT2D eigenvalue weighted by molar-refractivity contribution is 0.321. The molecule has 0 unspecified atom stereocenters. The molecule has 0 fully saturated rings. The molecular formula is C15H18N6OS. The summed E-state index contributed by atoms with van der Waals surface area (Å²) < 4.78 is 1.77. The Kier molecular flexibility index (Phi) is 3.93. The van der Waals surface area contributed by atoms with Gasteiger partial charge in [0.15, 0.2) is 0 Å². The maximum absolute atomic E-state index is 12.2. The number of aromatic amines is 1. The van der Waals surface area contributed by atoms with Crippen molar-refractivity contribution >= 4 is 22.7 Å². The van der Waals surface area contributed by atoms with E-state index in [1.54, 1.807) is 10.7 Å². The van der Waals surface area contributed by atoms with E-state index < -0.39 is 0 Å². The van der Waals surface area contributed by atoms with E-state index in [4.69, 9.17) is 0 Å². The van der Waals surface area contributed by atoms with Crippen LogP contribution in [0.5, 0.6) is 0 Å². The molecule has 2 aromatic heterocycles. The first-order valence-electron chi connectivity index (χ1n) is 7.31. The Morgan fingerprint density at radius 1 is 1.26 bits per heavy atom. The molecule has 0 amide bonds. The van der Waals surface area contributed by atoms with E-state index in [1.165, 1.54) is 11.8 Å². The van der Waals surface area contributed by atoms with Crippen LogP contribution >= 0.6 is 11.8 Å². The number of thioether (sulfide) groups is 1. The van der Waals surface area contributed by atoms with Gasteiger partial charge in [-0.05, 0) is 50.3 Å². The molecule has 0 aliphatic rings. The summed E-state index contributed by atoms with van der Waals surface area (Å²) in [5.41, 5.74) is 0.345. The molecule has 0 bridgehead atoms. The van der Waals surface area contributed by atoms with Gasteiger partial charge in [0.25, 0.3) is 5.56 Å². The minimum Gasteiger partial charge on any atom is -0.309 e. The first kappa shape index (κ1) is 15.7. The molecule has 7 nitrogen and oxygen atoms in total. The van der Waals surface area contributed by atoms with Crippen molar-refractivity contribution in [2.45, 2.75) is 43.6 Å². The molecule has 0 radical (unpaired) electrons. The van der Waals surface area contributed by atoms with Crippen molar-refractivity contribution in [3.05, 3.63) is 40.4 Å². The second-order valence-electron chi connectivity index (χ2n) is 6.27. The Hall–Kier alpha value is -2.22. The number of benzene rings is 1. The molecule has 8 heteroatoms. The Balaban J connectivity index is 1.94. The number of fused-ring (bicyclic) bond motifs is 1. The largest absolute Gasteiger partial charge is 0.309 e. The van der Waals surface area contributed by atoms with Crippen LogP contribution in [0.25, 0.3) is 10.9 Å². The summed E-state index contributed by atoms with van der Waals surface area (Å²) in [6.07, 6.45) is 0. The maximum Gasteiger partial charge on any atom is 0.258 e. The monoisotopic (exact) mass is 330 g/mol. The van der Waals surface area contributed by atoms with Crippen LogP contribution in [0, 0.1) is 0 Å². The topological polar surface area (TPSA) is 89.3 Å². The lowest BCUT2D eigenvalue weighted by Crippen LogP contribution is -2.24. The zero-order chi connectivity index (χ0) is 16.6. The van der Waals surface area contributed by atoms with E-state index in [-0.39, 0.29) is 16.3 Å². The van der Waals surface area contributed by atoms with Crippen LogP contribution in [0.1, 0.15) is 38.8 Å². The van der Waals surface area contributed by atoms with Gasteiger partial charge in [0.05, 0.1) is 21.7 Å². The van der Waals surface area contributed by atoms with Crippen molar-refractivity contribution in [2.75, 3.05) is 0 Å². The summed E-state index contributed by atoms with van der Waals surface area (Å²) >= 11 is 1.47. The number of nitrogens with zero attached hydrogens (tertiary/aromatic N) is 5. The van der Waals surface area contributed by atoms with E-state index in [0.29, 0.717) is 21.9 Å². The molecule has 120 valence electrons. The minimum absolute atomic E-state index is 0.0839. The van der Waals surface area contributed by atoms with Crippen molar-refractivity contribution in [1.29, 1.82) is 0 Å². The fourth-order valence-electron chi connectivity index (χ4n) is 2.18. The van der Waals surface area contributed by atoms with Crippen LogP contribution in [-0.4, -0.2) is 30.2 Å². The third-order valence-corrected chi connectivity index (χ3v) is 4.42. The lowest BCUT2D eigenvalue weighted by Gasteiger charge is -2.20. The van der Waals surface area contributed by atoms with Crippen LogP contribution in [-0.2, 0) is 5.54 Å². The SMILES string of the molecule is C[C@@H](Sc1nnnn1C(C)(C)C)c1nc2ccccc2c(=O)[nH]1. The van der Waals surface area contributed by atoms with E-state index in [0.717, 1.165) is 0 Å². The second-order valence-corrected chi connectivity index (χ2v) is 7.58. The van der Waals surface area contributed by atoms with Gasteiger partial charge >= 0.3 is 0 Å². The highest BCUT2D eigenvalue weighted by Crippen LogP contribution is 2.33. The summed E-state index contributed by atoms with van der Waals surface area (Å²) in [7, 11) is 0. The molecular weight excluding hydrogens is 312 g/mol. The standard InChI is InChI=1S/C15H18N6OS/c1-9(23-14-18-19-20-21(14)15(2,3)4)12-16-11-8-6-5-7-10(11)13(22)17-12/h5-9H,1-4H3,(H,16,17,22)/t9-/m1/s1. The van der Waals surface area contributed by atoms with Gasteiger partial charge in [-0.2, -0.15) is 0 Å². The average molecular weight is 330 g/mol. The molecule has 2 heterocycles. The Morgan fingerprint density at radius 2 is 2.00 bits per heavy atom. The Bertz CT molecular complexity index is 895. The van der Waals surface area contributed by atoms with Crippen LogP contribution in [0.4, 0.5) is 0 Å². The van der Waals surface area contributed by atoms with Crippen LogP contribution < -0.4 is 5.56 Å². The third-order valence-electron chi connectivity index (χ3n) is 3.37. The first-order valence-corrected chi connectivity index (χ1v) is 8.19. The Labute approximate surface area is 137 Å². The van der Waals surface area contributed by atoms with E-state index in [2.05, 4.69) is 25.5 Å². The average Bonchev–Trinajstić information content (AvgIpc) is 2.95. The zero-order valence-corrected chi connectivity index (χ0v) is 14.3. The molecule has 1 aromatic carbocycles. The molecule has 3 rings (SSSR count). The number of rotatable bonds is 3. The van der Waals surface area contributed by atoms with Gasteiger partial charge < -0.3 is 4.98 Å². The molecule has 0 saturated heterocycles. The smallest absolute Gasteiger partial charge is 0.258 e. The van der Waals surface area contributed by atoms with Crippen molar-refractivity contribution in [1.82, 2.24) is 30.2 Å². The molecule has 0 aliphatic heterocycles. The van der Waals surface area contributed by atoms with Gasteiger partial charge in [-0.25, -0.2) is 9.67 Å². The van der Waals surface area contributed by atoms with Gasteiger partial charge in [-0.15, -0.1) is 5.10 Å². The predicted molar refractivity (Wildman–Crippen MR) is 89.4 cm³/mol. The van der Waals surface area contributed by atoms with Crippen LogP contribution in [0.3, 0.4) is 0 Å². The highest BCUT2D eigenvalue weighted by Gasteiger charge is 2.23. The van der Waals surface area contributed by atoms with Gasteiger partial charge in [-0.3, -0.25) is 4.79 Å². The zero-order valence-electron chi connectivity index (χ0n) is 13.4. The van der Waals surface area contributed by atoms with Crippen molar-refractivity contribution in [3.8, 4) is 0 Å². The van der Waals surface area contributed by atoms with E-state index in [1.807, 2.05) is 45.9 Å². The number of H-pyrrole nitrogens is 1. The normalized spacial score (nSPS) is 13.4. The van der Waals surface area contributed by atoms with Crippen LogP contribution in [0.15, 0.2) is 34.2 Å². The molecule has 0 aliphatic carbocycles. The molecule has 1 N–H and O–H groups in total. The fraction of sp³-hybridized carbons (Fsp3) is 0.400. The maximum atomic E-state index is 12.2. The van der Waals surface area contributed by atoms with Crippen molar-refractivity contribution in [3.63, 3.8) is 0 Å². The van der Waals surface area contributed by atoms with Gasteiger partial charge in [-0.1, -0.05) is 23.9 Å². The highest BCUT2D eigenvalue weighted by molar-refractivity contribution is 7.99. The number of tetrazole rings is 1. The second kappa shape index (κ2) is 5.77. The number of aromatic nitrogens is 6. The van der Waals surface area contributed by atoms with Crippen LogP contribution in [0.2, 0.25) is 0 Å². The summed E-state index contributed by atoms with van der Waals surface area (Å²) in [4.78, 5) is 19.6. The fourth-order valence-corrected chi connectivity index (χ4v) is 3.22. The summed E-state index contributed by atoms with van der Waals surface area (Å²) in [5.74, 6) is 0.613. The molecule has 1 atom stereocenters. The molecule has 0 saturated carbocycles.